The van der Waals surface area contributed by atoms with Gasteiger partial charge in [0.25, 0.3) is 0 Å². The van der Waals surface area contributed by atoms with Crippen LogP contribution < -0.4 is 47.6 Å². The number of amides is 4. The van der Waals surface area contributed by atoms with E-state index in [9.17, 15) is 41.1 Å². The van der Waals surface area contributed by atoms with E-state index in [2.05, 4.69) is 106 Å². The number of anilines is 6. The number of ether oxygens (including phenoxy) is 1. The Morgan fingerprint density at radius 1 is 0.539 bits per heavy atom. The summed E-state index contributed by atoms with van der Waals surface area (Å²) in [6.45, 7) is 30.1. The van der Waals surface area contributed by atoms with Gasteiger partial charge in [-0.1, -0.05) is 71.7 Å². The van der Waals surface area contributed by atoms with Gasteiger partial charge in [-0.15, -0.1) is 0 Å². The number of fused-ring (bicyclic) bond motifs is 2. The third-order valence-corrected chi connectivity index (χ3v) is 18.0. The Balaban J connectivity index is 0.000000195. The SMILES string of the molecule is CC(=O)Nc1ccc(B2OC(C)(C)C(C)(C)O2)cc1F.CC(=O)Nc1ccc(Br)cc1F.CC(C)C(=O)Nc1ccc(B2OC(C)(C)C(C)(C)O2)cc1F.CC(C)C(=O)Nc1ccc(Br)cc1F.CC(C)Oc1ccc(C2=NCc3ncnc(N)c32)cc1F.CN(C)c1ncnc2c1C(I)=NC2. The average Bonchev–Trinajstić information content (AvgIpc) is 1.63. The van der Waals surface area contributed by atoms with Gasteiger partial charge in [-0.2, -0.15) is 0 Å². The number of nitrogens with one attached hydrogen (secondary N) is 4. The molecule has 4 aliphatic rings. The second-order valence-electron chi connectivity index (χ2n) is 26.6. The minimum Gasteiger partial charge on any atom is -0.488 e. The number of aromatic nitrogens is 4. The monoisotopic (exact) mass is 1650 g/mol. The minimum absolute atomic E-state index is 0.0843. The van der Waals surface area contributed by atoms with Gasteiger partial charge in [-0.05, 0) is 182 Å². The van der Waals surface area contributed by atoms with E-state index in [1.54, 1.807) is 70.4 Å². The number of aliphatic imine (C=N–C) groups is 2. The van der Waals surface area contributed by atoms with Crippen molar-refractivity contribution in [3.05, 3.63) is 170 Å². The second-order valence-corrected chi connectivity index (χ2v) is 29.5. The molecule has 6 heterocycles. The Labute approximate surface area is 623 Å². The molecule has 544 valence electrons. The first kappa shape index (κ1) is 83.1. The number of carbonyl (C=O) groups is 4. The molecule has 2 fully saturated rings. The molecular weight excluding hydrogens is 1570 g/mol. The number of nitrogens with zero attached hydrogens (tertiary/aromatic N) is 7. The lowest BCUT2D eigenvalue weighted by atomic mass is 9.79. The largest absolute Gasteiger partial charge is 0.494 e. The van der Waals surface area contributed by atoms with E-state index in [4.69, 9.17) is 29.1 Å². The van der Waals surface area contributed by atoms with Crippen molar-refractivity contribution in [2.75, 3.05) is 46.0 Å². The molecule has 11 rings (SSSR count). The number of halogens is 8. The van der Waals surface area contributed by atoms with Crippen LogP contribution >= 0.6 is 54.5 Å². The third-order valence-electron chi connectivity index (χ3n) is 16.1. The molecule has 7 aromatic rings. The van der Waals surface area contributed by atoms with Crippen molar-refractivity contribution in [1.29, 1.82) is 0 Å². The van der Waals surface area contributed by atoms with Crippen LogP contribution in [0.15, 0.2) is 123 Å². The molecule has 0 saturated carbocycles. The summed E-state index contributed by atoms with van der Waals surface area (Å²) in [5.41, 5.74) is 10.8. The molecule has 6 N–H and O–H groups in total. The predicted octanol–water partition coefficient (Wildman–Crippen LogP) is 14.1. The van der Waals surface area contributed by atoms with Crippen molar-refractivity contribution < 1.29 is 64.5 Å². The van der Waals surface area contributed by atoms with Gasteiger partial charge in [0.05, 0.1) is 92.6 Å². The van der Waals surface area contributed by atoms with Crippen LogP contribution in [0.2, 0.25) is 0 Å². The molecule has 0 bridgehead atoms. The van der Waals surface area contributed by atoms with E-state index in [0.29, 0.717) is 55.6 Å². The van der Waals surface area contributed by atoms with Gasteiger partial charge in [-0.3, -0.25) is 29.2 Å². The highest BCUT2D eigenvalue weighted by molar-refractivity contribution is 14.1. The van der Waals surface area contributed by atoms with Crippen LogP contribution in [0.4, 0.5) is 56.3 Å². The maximum atomic E-state index is 14.2. The van der Waals surface area contributed by atoms with Gasteiger partial charge in [0.2, 0.25) is 23.6 Å². The van der Waals surface area contributed by atoms with E-state index in [1.807, 2.05) is 88.2 Å². The number of rotatable bonds is 12. The molecule has 2 aromatic heterocycles. The third kappa shape index (κ3) is 22.4. The number of carbonyl (C=O) groups excluding carboxylic acids is 4. The van der Waals surface area contributed by atoms with Crippen LogP contribution in [-0.2, 0) is 50.9 Å². The van der Waals surface area contributed by atoms with Gasteiger partial charge >= 0.3 is 14.2 Å². The number of nitrogen functional groups attached to an aromatic ring is 1. The average molecular weight is 1650 g/mol. The molecule has 0 spiro atoms. The van der Waals surface area contributed by atoms with Gasteiger partial charge < -0.3 is 55.3 Å². The maximum Gasteiger partial charge on any atom is 0.494 e. The maximum absolute atomic E-state index is 14.2. The van der Waals surface area contributed by atoms with Crippen LogP contribution in [0.25, 0.3) is 0 Å². The first-order valence-corrected chi connectivity index (χ1v) is 34.9. The highest BCUT2D eigenvalue weighted by Crippen LogP contribution is 2.38. The van der Waals surface area contributed by atoms with E-state index < -0.39 is 65.7 Å². The lowest BCUT2D eigenvalue weighted by molar-refractivity contribution is -0.119. The fraction of sp³-hybridized carbons (Fsp3) is 0.380. The Morgan fingerprint density at radius 3 is 1.31 bits per heavy atom. The molecule has 21 nitrogen and oxygen atoms in total. The van der Waals surface area contributed by atoms with Crippen molar-refractivity contribution in [3.8, 4) is 5.75 Å². The highest BCUT2D eigenvalue weighted by atomic mass is 127. The van der Waals surface area contributed by atoms with Crippen LogP contribution in [0.3, 0.4) is 0 Å². The summed E-state index contributed by atoms with van der Waals surface area (Å²) in [5.74, 6) is -2.13. The van der Waals surface area contributed by atoms with Gasteiger partial charge in [-0.25, -0.2) is 41.9 Å². The van der Waals surface area contributed by atoms with Crippen molar-refractivity contribution in [2.24, 2.45) is 21.8 Å². The zero-order valence-electron chi connectivity index (χ0n) is 60.0. The fourth-order valence-electron chi connectivity index (χ4n) is 9.22. The van der Waals surface area contributed by atoms with Crippen LogP contribution in [0.5, 0.6) is 5.75 Å². The van der Waals surface area contributed by atoms with E-state index >= 15 is 0 Å². The lowest BCUT2D eigenvalue weighted by Gasteiger charge is -2.32. The zero-order chi connectivity index (χ0) is 76.1. The molecule has 0 atom stereocenters. The van der Waals surface area contributed by atoms with Crippen molar-refractivity contribution in [3.63, 3.8) is 0 Å². The number of nitrogens with two attached hydrogens (primary N) is 1. The predicted molar refractivity (Wildman–Crippen MR) is 407 cm³/mol. The van der Waals surface area contributed by atoms with Gasteiger partial charge in [0.15, 0.2) is 11.6 Å². The van der Waals surface area contributed by atoms with E-state index in [-0.39, 0.29) is 70.1 Å². The highest BCUT2D eigenvalue weighted by Gasteiger charge is 2.53. The summed E-state index contributed by atoms with van der Waals surface area (Å²) in [5, 5.41) is 9.86. The Morgan fingerprint density at radius 2 is 0.931 bits per heavy atom. The van der Waals surface area contributed by atoms with Crippen molar-refractivity contribution >= 4 is 147 Å². The second kappa shape index (κ2) is 35.6. The van der Waals surface area contributed by atoms with Gasteiger partial charge in [0.1, 0.15) is 51.3 Å². The van der Waals surface area contributed by atoms with Crippen LogP contribution in [-0.4, -0.2) is 110 Å². The number of hydrogen-bond donors (Lipinski definition) is 5. The summed E-state index contributed by atoms with van der Waals surface area (Å²) in [6.07, 6.45) is 2.92. The van der Waals surface area contributed by atoms with Crippen molar-refractivity contribution in [2.45, 2.75) is 152 Å². The van der Waals surface area contributed by atoms with Gasteiger partial charge in [0, 0.05) is 54.3 Å². The first-order valence-electron chi connectivity index (χ1n) is 32.2. The quantitative estimate of drug-likeness (QED) is 0.0432. The van der Waals surface area contributed by atoms with Crippen LogP contribution in [0, 0.1) is 40.9 Å². The normalized spacial score (nSPS) is 15.2. The molecule has 0 radical (unpaired) electrons. The Kier molecular flexibility index (Phi) is 29.0. The number of hydrogen-bond acceptors (Lipinski definition) is 17. The van der Waals surface area contributed by atoms with Crippen LogP contribution in [0.1, 0.15) is 139 Å². The van der Waals surface area contributed by atoms with Crippen molar-refractivity contribution in [1.82, 2.24) is 19.9 Å². The zero-order valence-corrected chi connectivity index (χ0v) is 65.4. The number of benzene rings is 5. The smallest absolute Gasteiger partial charge is 0.488 e. The molecule has 0 aliphatic carbocycles. The molecule has 4 aliphatic heterocycles. The topological polar surface area (TPSA) is 268 Å². The Bertz CT molecular complexity index is 4240. The molecular formula is C71H84B2Br2F5IN12O9. The summed E-state index contributed by atoms with van der Waals surface area (Å²) < 4.78 is 99.6. The summed E-state index contributed by atoms with van der Waals surface area (Å²) in [6, 6.07) is 22.9. The molecule has 4 amide bonds. The molecule has 5 aromatic carbocycles. The summed E-state index contributed by atoms with van der Waals surface area (Å²) >= 11 is 8.47. The van der Waals surface area contributed by atoms with E-state index in [1.165, 1.54) is 74.8 Å². The van der Waals surface area contributed by atoms with E-state index in [0.717, 1.165) is 26.5 Å². The summed E-state index contributed by atoms with van der Waals surface area (Å²) in [4.78, 5) is 71.7. The Hall–Kier alpha value is -7.81. The standard InChI is InChI=1S/C16H23BFNO3.C15H15FN4O.C14H19BFNO3.C10H11BrFNO.C8H7BrFNO.C8H9IN4/c1-10(2)14(20)19-13-8-7-11(9-12(13)18)17-21-15(3,4)16(5,6)22-17;1-8(2)21-12-4-3-9(5-10(12)16)14-13-11(6-18-14)19-7-20-15(13)17;1-9(18)17-12-7-6-10(8-11(12)16)15-19-13(2,3)14(4,5)20-15;1-6(2)10(14)13-9-4-3-7(11)5-8(9)12;1-5(12)11-8-3-2-6(9)4-7(8)10;1-13(2)8-6-5(11-4-12-8)3-10-7(6)9/h7-10H,1-6H3,(H,19,20);3-5,7-8H,6H2,1-2H3,(H2,17,19,20);6-8H,1-5H3,(H,17,18);3-6H,1-2H3,(H,13,14);2-4H,1H3,(H,11,12);4H,3H2,1-2H3. The minimum atomic E-state index is -0.616. The fourth-order valence-corrected chi connectivity index (χ4v) is 10.6. The first-order chi connectivity index (χ1) is 47.5. The summed E-state index contributed by atoms with van der Waals surface area (Å²) in [7, 11) is 2.73. The molecule has 0 unspecified atom stereocenters. The lowest BCUT2D eigenvalue weighted by Crippen LogP contribution is -2.41. The molecule has 102 heavy (non-hydrogen) atoms. The molecule has 31 heteroatoms. The molecule has 2 saturated heterocycles.